The Morgan fingerprint density at radius 3 is 1.47 bits per heavy atom. The van der Waals surface area contributed by atoms with E-state index in [0.717, 1.165) is 0 Å². The first-order valence-corrected chi connectivity index (χ1v) is 14.7. The highest BCUT2D eigenvalue weighted by molar-refractivity contribution is 6.25. The van der Waals surface area contributed by atoms with E-state index in [1.807, 2.05) is 0 Å². The first kappa shape index (κ1) is 14.9. The highest BCUT2D eigenvalue weighted by Gasteiger charge is 2.24. The van der Waals surface area contributed by atoms with Crippen LogP contribution in [0.4, 0.5) is 0 Å². The van der Waals surface area contributed by atoms with Crippen molar-refractivity contribution in [3.63, 3.8) is 0 Å². The predicted molar refractivity (Wildman–Crippen MR) is 198 cm³/mol. The van der Waals surface area contributed by atoms with Crippen molar-refractivity contribution in [3.8, 4) is 55.8 Å². The Balaban J connectivity index is 1.56. The molecule has 0 N–H and O–H groups in total. The molecule has 0 spiro atoms. The number of fused-ring (bicyclic) bond motifs is 3. The van der Waals surface area contributed by atoms with Gasteiger partial charge in [-0.25, -0.2) is 0 Å². The summed E-state index contributed by atoms with van der Waals surface area (Å²) in [6.07, 6.45) is 0. The molecule has 0 aliphatic carbocycles. The van der Waals surface area contributed by atoms with Gasteiger partial charge in [0, 0.05) is 22.1 Å². The van der Waals surface area contributed by atoms with E-state index < -0.39 is 103 Å². The zero-order valence-corrected chi connectivity index (χ0v) is 24.4. The van der Waals surface area contributed by atoms with Crippen LogP contribution >= 0.6 is 0 Å². The Morgan fingerprint density at radius 1 is 0.340 bits per heavy atom. The van der Waals surface area contributed by atoms with Gasteiger partial charge in [-0.3, -0.25) is 0 Å². The Kier molecular flexibility index (Phi) is 3.60. The minimum Gasteiger partial charge on any atom is -0.455 e. The summed E-state index contributed by atoms with van der Waals surface area (Å²) in [5.74, 6) is -0.361. The van der Waals surface area contributed by atoms with Crippen molar-refractivity contribution in [3.05, 3.63) is 182 Å². The fraction of sp³-hybridized carbons (Fsp3) is 0. The van der Waals surface area contributed by atoms with Crippen LogP contribution in [0.3, 0.4) is 0 Å². The van der Waals surface area contributed by atoms with E-state index in [9.17, 15) is 11.0 Å². The normalized spacial score (nSPS) is 16.5. The van der Waals surface area contributed by atoms with Crippen molar-refractivity contribution >= 4 is 32.5 Å². The molecule has 0 atom stereocenters. The molecular weight excluding hydrogens is 569 g/mol. The molecule has 9 rings (SSSR count). The van der Waals surface area contributed by atoms with Crippen molar-refractivity contribution < 1.29 is 27.7 Å². The maximum atomic E-state index is 9.49. The van der Waals surface area contributed by atoms with Gasteiger partial charge in [0.2, 0.25) is 0 Å². The molecule has 1 heteroatoms. The maximum Gasteiger partial charge on any atom is 0.143 e. The number of hydrogen-bond donors (Lipinski definition) is 0. The first-order valence-electron chi connectivity index (χ1n) is 23.2. The molecule has 1 nitrogen and oxygen atoms in total. The van der Waals surface area contributed by atoms with Gasteiger partial charge in [-0.15, -0.1) is 0 Å². The maximum absolute atomic E-state index is 9.49. The minimum absolute atomic E-state index is 0.0215. The lowest BCUT2D eigenvalue weighted by molar-refractivity contribution is 0.632. The number of benzene rings is 8. The summed E-state index contributed by atoms with van der Waals surface area (Å²) in [7, 11) is 0. The van der Waals surface area contributed by atoms with Crippen LogP contribution in [0.25, 0.3) is 88.3 Å². The van der Waals surface area contributed by atoms with E-state index in [-0.39, 0.29) is 77.2 Å². The van der Waals surface area contributed by atoms with Crippen LogP contribution in [0.5, 0.6) is 0 Å². The van der Waals surface area contributed by atoms with Gasteiger partial charge < -0.3 is 4.42 Å². The summed E-state index contributed by atoms with van der Waals surface area (Å²) in [5, 5.41) is -0.515. The second-order valence-electron chi connectivity index (χ2n) is 10.7. The molecule has 0 aliphatic rings. The molecule has 0 aliphatic heterocycles. The molecule has 9 aromatic rings. The molecule has 1 aromatic heterocycles. The molecule has 1 heterocycles. The van der Waals surface area contributed by atoms with E-state index in [0.29, 0.717) is 11.1 Å². The summed E-state index contributed by atoms with van der Waals surface area (Å²) >= 11 is 0. The first-order chi connectivity index (χ1) is 30.4. The molecule has 0 amide bonds. The second-order valence-corrected chi connectivity index (χ2v) is 10.7. The molecule has 0 radical (unpaired) electrons. The van der Waals surface area contributed by atoms with Gasteiger partial charge in [-0.2, -0.15) is 0 Å². The summed E-state index contributed by atoms with van der Waals surface area (Å²) in [6, 6.07) is 11.2. The third-order valence-electron chi connectivity index (χ3n) is 8.08. The molecule has 8 aromatic carbocycles. The average molecular weight is 616 g/mol. The van der Waals surface area contributed by atoms with E-state index in [1.165, 1.54) is 18.2 Å². The highest BCUT2D eigenvalue weighted by atomic mass is 16.3. The van der Waals surface area contributed by atoms with Crippen molar-refractivity contribution in [2.45, 2.75) is 0 Å². The summed E-state index contributed by atoms with van der Waals surface area (Å²) in [4.78, 5) is 0. The van der Waals surface area contributed by atoms with Crippen molar-refractivity contribution in [1.82, 2.24) is 0 Å². The zero-order chi connectivity index (χ0) is 46.0. The molecule has 47 heavy (non-hydrogen) atoms. The van der Waals surface area contributed by atoms with Gasteiger partial charge in [-0.1, -0.05) is 169 Å². The van der Waals surface area contributed by atoms with Gasteiger partial charge in [0.15, 0.2) is 0 Å². The smallest absolute Gasteiger partial charge is 0.143 e. The molecule has 220 valence electrons. The van der Waals surface area contributed by atoms with Crippen LogP contribution in [0.1, 0.15) is 23.3 Å². The lowest BCUT2D eigenvalue weighted by Crippen LogP contribution is -1.91. The monoisotopic (exact) mass is 615 g/mol. The van der Waals surface area contributed by atoms with Crippen LogP contribution in [0.15, 0.2) is 186 Å². The molecular formula is C46H30O. The van der Waals surface area contributed by atoms with Crippen molar-refractivity contribution in [2.24, 2.45) is 0 Å². The van der Waals surface area contributed by atoms with Gasteiger partial charge in [0.05, 0.1) is 23.3 Å². The summed E-state index contributed by atoms with van der Waals surface area (Å²) in [5.41, 5.74) is -0.0420. The van der Waals surface area contributed by atoms with Crippen LogP contribution in [-0.4, -0.2) is 0 Å². The molecule has 0 bridgehead atoms. The average Bonchev–Trinajstić information content (AvgIpc) is 3.66. The fourth-order valence-corrected chi connectivity index (χ4v) is 6.01. The van der Waals surface area contributed by atoms with Gasteiger partial charge in [0.1, 0.15) is 11.3 Å². The SMILES string of the molecule is [2H]c1c([2H])c([2H])c(-c2ccc3c(-c4c5c([2H])c([2H])c([2H])c([2H])c5c(-c5ccccc5)c5c([2H])c([2H])c([2H])c([2H])c45)c(-c4c([2H])c([2H])c(-c5ccccc5)c([2H])c4[2H])oc3c2)c([2H])c1[2H]. The standard InChI is InChI=1S/C46H30O/c1-4-14-31(15-5-1)33-24-26-35(27-25-33)46-45(41-29-28-36(30-42(41)47-46)32-16-6-2-7-17-32)44-39-22-12-10-20-37(39)43(34-18-8-3-9-19-34)38-21-11-13-23-40(38)44/h1-30H/i2D,6D,7D,10D,11D,12D,13D,16D,17D,20D,21D,22D,23D,24D,25D,26D,27D. The summed E-state index contributed by atoms with van der Waals surface area (Å²) in [6.45, 7) is 0. The topological polar surface area (TPSA) is 13.1 Å². The highest BCUT2D eigenvalue weighted by Crippen LogP contribution is 2.50. The van der Waals surface area contributed by atoms with Crippen LogP contribution < -0.4 is 0 Å². The number of hydrogen-bond acceptors (Lipinski definition) is 1. The zero-order valence-electron chi connectivity index (χ0n) is 41.4. The van der Waals surface area contributed by atoms with Crippen LogP contribution in [-0.2, 0) is 0 Å². The van der Waals surface area contributed by atoms with E-state index in [2.05, 4.69) is 0 Å². The largest absolute Gasteiger partial charge is 0.455 e. The van der Waals surface area contributed by atoms with Crippen LogP contribution in [0.2, 0.25) is 0 Å². The third kappa shape index (κ3) is 4.64. The number of furan rings is 1. The molecule has 0 saturated heterocycles. The number of rotatable bonds is 5. The van der Waals surface area contributed by atoms with E-state index >= 15 is 0 Å². The molecule has 0 fully saturated rings. The molecule has 0 saturated carbocycles. The Labute approximate surface area is 297 Å². The van der Waals surface area contributed by atoms with Gasteiger partial charge in [0.25, 0.3) is 0 Å². The second kappa shape index (κ2) is 11.3. The van der Waals surface area contributed by atoms with Crippen molar-refractivity contribution in [1.29, 1.82) is 0 Å². The quantitative estimate of drug-likeness (QED) is 0.176. The molecule has 0 unspecified atom stereocenters. The Hall–Kier alpha value is -6.18. The van der Waals surface area contributed by atoms with Gasteiger partial charge >= 0.3 is 0 Å². The lowest BCUT2D eigenvalue weighted by Gasteiger charge is -2.18. The van der Waals surface area contributed by atoms with E-state index in [4.69, 9.17) is 16.8 Å². The third-order valence-corrected chi connectivity index (χ3v) is 8.08. The minimum atomic E-state index is -0.674. The van der Waals surface area contributed by atoms with Crippen molar-refractivity contribution in [2.75, 3.05) is 0 Å². The predicted octanol–water partition coefficient (Wildman–Crippen LogP) is 13.1. The lowest BCUT2D eigenvalue weighted by atomic mass is 9.84. The summed E-state index contributed by atoms with van der Waals surface area (Å²) < 4.78 is 159. The van der Waals surface area contributed by atoms with Gasteiger partial charge in [-0.05, 0) is 67.1 Å². The Bertz CT molecular complexity index is 3370. The fourth-order valence-electron chi connectivity index (χ4n) is 6.01. The van der Waals surface area contributed by atoms with Crippen LogP contribution in [0, 0.1) is 0 Å². The van der Waals surface area contributed by atoms with E-state index in [1.54, 1.807) is 60.7 Å². The Morgan fingerprint density at radius 2 is 0.851 bits per heavy atom.